The Morgan fingerprint density at radius 1 is 0.312 bits per heavy atom. The molecule has 0 aliphatic carbocycles. The van der Waals surface area contributed by atoms with Crippen molar-refractivity contribution in [2.24, 2.45) is 0 Å². The van der Waals surface area contributed by atoms with Gasteiger partial charge in [0, 0.05) is 28.3 Å². The van der Waals surface area contributed by atoms with E-state index in [1.165, 1.54) is 24.3 Å². The third-order valence-electron chi connectivity index (χ3n) is 21.5. The van der Waals surface area contributed by atoms with Crippen LogP contribution in [0.4, 0.5) is 0 Å². The lowest BCUT2D eigenvalue weighted by molar-refractivity contribution is -0.282. The number of benzene rings is 11. The zero-order chi connectivity index (χ0) is 99.6. The van der Waals surface area contributed by atoms with Crippen LogP contribution in [0.2, 0.25) is 0 Å². The minimum absolute atomic E-state index is 0.0593. The molecular formula is C87H60N2O49. The first kappa shape index (κ1) is 91.7. The smallest absolute Gasteiger partial charge is 0.340 e. The van der Waals surface area contributed by atoms with Gasteiger partial charge in [-0.25, -0.2) is 53.1 Å². The molecule has 51 nitrogen and oxygen atoms in total. The largest absolute Gasteiger partial charge is 0.505 e. The van der Waals surface area contributed by atoms with Crippen molar-refractivity contribution in [3.8, 4) is 195 Å². The molecule has 4 aliphatic heterocycles. The van der Waals surface area contributed by atoms with Crippen molar-refractivity contribution in [2.45, 2.75) is 61.4 Å². The van der Waals surface area contributed by atoms with Crippen molar-refractivity contribution in [1.82, 2.24) is 9.97 Å². The summed E-state index contributed by atoms with van der Waals surface area (Å²) in [4.78, 5) is 144. The van der Waals surface area contributed by atoms with E-state index in [4.69, 9.17) is 61.6 Å². The van der Waals surface area contributed by atoms with Crippen molar-refractivity contribution in [2.75, 3.05) is 13.2 Å². The number of hydrogen-bond donors (Lipinski definition) is 27. The summed E-state index contributed by atoms with van der Waals surface area (Å²) in [6.07, 6.45) is -28.0. The molecule has 5 heterocycles. The summed E-state index contributed by atoms with van der Waals surface area (Å²) in [6, 6.07) is 11.9. The first-order valence-corrected chi connectivity index (χ1v) is 38.8. The highest BCUT2D eigenvalue weighted by atomic mass is 16.8. The monoisotopic (exact) mass is 1920 g/mol. The fourth-order valence-electron chi connectivity index (χ4n) is 14.9. The van der Waals surface area contributed by atoms with E-state index in [0.717, 1.165) is 6.07 Å². The Morgan fingerprint density at radius 2 is 0.674 bits per heavy atom. The topological polar surface area (TPSA) is 846 Å². The van der Waals surface area contributed by atoms with Gasteiger partial charge in [0.05, 0.1) is 66.6 Å². The molecule has 2 saturated heterocycles. The summed E-state index contributed by atoms with van der Waals surface area (Å²) in [6.45, 7) is -3.13. The standard InChI is InChI=1S/C87H60N2O49/c90-34-5-22(6-35(91)56(34)104)77(117)126-20-49-71(132-78(118)23-7-36(92)57(105)37(93)8-23)73(134-79(119)24-9-38(94)58(106)39(95)10-24)75(86(129-49)137-80(120)25-11-40(96)59(107)41(97)12-25)128-48-19-46(102)63(111)68(116)70(48)131-69-47(103)18-28-54(67(69)115)53-30(17-45(101)62(110)66(53)114)84(124)135-74-72-50(21-127-82(28)122)130-87(138-81(121)26-13-42(98)60(108)43(99)14-26)76(74)136-85(125)29-16-44(100)61(109)65(113)52(29)51-27(83(123)133-72)15-33-55(64(51)112)89-32-4-2-1-3-31(32)88-33/h1-19,49-50,71-76,86-87,90-116H,20-21H2/t49-,50-,71-,72-,73+,74+,75-,76-,86+,87+/m1/s1. The normalized spacial score (nSPS) is 18.9. The summed E-state index contributed by atoms with van der Waals surface area (Å²) in [5, 5.41) is 299. The second kappa shape index (κ2) is 34.6. The maximum absolute atomic E-state index is 15.9. The van der Waals surface area contributed by atoms with Crippen LogP contribution >= 0.6 is 0 Å². The Hall–Kier alpha value is -19.6. The highest BCUT2D eigenvalue weighted by Gasteiger charge is 2.58. The van der Waals surface area contributed by atoms with Crippen LogP contribution in [0.3, 0.4) is 0 Å². The van der Waals surface area contributed by atoms with Gasteiger partial charge in [0.25, 0.3) is 0 Å². The fourth-order valence-corrected chi connectivity index (χ4v) is 14.9. The lowest BCUT2D eigenvalue weighted by Crippen LogP contribution is -2.64. The number of carbonyl (C=O) groups is 9. The molecule has 4 bridgehead atoms. The Labute approximate surface area is 760 Å². The highest BCUT2D eigenvalue weighted by molar-refractivity contribution is 6.13. The van der Waals surface area contributed by atoms with Crippen molar-refractivity contribution in [3.05, 3.63) is 165 Å². The first-order valence-electron chi connectivity index (χ1n) is 38.8. The number of phenolic OH excluding ortho intramolecular Hbond substituents is 27. The number of ether oxygens (including phenoxy) is 13. The Bertz CT molecular complexity index is 7180. The minimum Gasteiger partial charge on any atom is -0.505 e. The van der Waals surface area contributed by atoms with E-state index in [1.807, 2.05) is 0 Å². The SMILES string of the molecule is O=C(OC[C@H]1O[C@@H](OC(=O)c2cc(O)c(O)c(O)c2)[C@H](Oc2cc(O)c(O)c(O)c2Oc2c(O)cc3c(c2O)-c2c(cc(O)c(O)c2O)C(=O)O[C@@H]2[C@H]4OC(=O)c5cc(O)c(O)c(O)c5-c5c(cc6nc7ccccc7nc6c5O)C(=O)O[C@@H]2[C@@H](COC3=O)O[C@H]4OC(=O)c2cc(O)c(O)c(O)c2)[C@@H](OC(=O)c2cc(O)c(O)c(O)c2)[C@@H]1OC(=O)c1cc(O)c(O)c(O)c1)c1cc(O)c(O)c(O)c1. The molecule has 0 amide bonds. The number of aromatic hydroxyl groups is 27. The number of fused-ring (bicyclic) bond motifs is 8. The van der Waals surface area contributed by atoms with E-state index >= 15 is 19.2 Å². The number of phenols is 27. The lowest BCUT2D eigenvalue weighted by atomic mass is 9.91. The molecule has 138 heavy (non-hydrogen) atoms. The van der Waals surface area contributed by atoms with Gasteiger partial charge in [-0.1, -0.05) is 12.1 Å². The lowest BCUT2D eigenvalue weighted by Gasteiger charge is -2.44. The van der Waals surface area contributed by atoms with Crippen LogP contribution < -0.4 is 9.47 Å². The van der Waals surface area contributed by atoms with Crippen LogP contribution in [0, 0.1) is 0 Å². The number of nitrogens with zero attached hydrogens (tertiary/aromatic N) is 2. The summed E-state index contributed by atoms with van der Waals surface area (Å²) in [5.74, 6) is -60.6. The van der Waals surface area contributed by atoms with Crippen LogP contribution in [0.1, 0.15) is 93.2 Å². The van der Waals surface area contributed by atoms with Crippen LogP contribution in [-0.2, 0) is 52.1 Å². The van der Waals surface area contributed by atoms with E-state index in [9.17, 15) is 162 Å². The molecule has 11 aromatic carbocycles. The second-order valence-corrected chi connectivity index (χ2v) is 30.1. The molecule has 2 fully saturated rings. The van der Waals surface area contributed by atoms with Crippen LogP contribution in [0.15, 0.2) is 115 Å². The predicted molar refractivity (Wildman–Crippen MR) is 437 cm³/mol. The molecule has 0 radical (unpaired) electrons. The van der Waals surface area contributed by atoms with Crippen LogP contribution in [0.5, 0.6) is 172 Å². The zero-order valence-corrected chi connectivity index (χ0v) is 68.1. The van der Waals surface area contributed by atoms with Gasteiger partial charge >= 0.3 is 53.7 Å². The summed E-state index contributed by atoms with van der Waals surface area (Å²) in [7, 11) is 0. The van der Waals surface area contributed by atoms with E-state index in [2.05, 4.69) is 9.97 Å². The van der Waals surface area contributed by atoms with Gasteiger partial charge in [-0.2, -0.15) is 0 Å². The molecule has 4 aliphatic rings. The molecule has 51 heteroatoms. The van der Waals surface area contributed by atoms with Crippen molar-refractivity contribution in [1.29, 1.82) is 0 Å². The maximum Gasteiger partial charge on any atom is 0.340 e. The molecular weight excluding hydrogens is 1860 g/mol. The molecule has 712 valence electrons. The molecule has 27 N–H and O–H groups in total. The number of cyclic esters (lactones) is 1. The van der Waals surface area contributed by atoms with E-state index in [1.54, 1.807) is 0 Å². The molecule has 0 spiro atoms. The number of para-hydroxylation sites is 2. The zero-order valence-electron chi connectivity index (χ0n) is 68.1. The third-order valence-corrected chi connectivity index (χ3v) is 21.5. The van der Waals surface area contributed by atoms with Gasteiger partial charge < -0.3 is 199 Å². The van der Waals surface area contributed by atoms with Gasteiger partial charge in [0.2, 0.25) is 59.3 Å². The Morgan fingerprint density at radius 3 is 1.14 bits per heavy atom. The molecule has 10 atom stereocenters. The second-order valence-electron chi connectivity index (χ2n) is 30.1. The van der Waals surface area contributed by atoms with Gasteiger partial charge in [0.1, 0.15) is 30.9 Å². The summed E-state index contributed by atoms with van der Waals surface area (Å²) < 4.78 is 76.6. The molecule has 16 rings (SSSR count). The van der Waals surface area contributed by atoms with Gasteiger partial charge in [-0.3, -0.25) is 0 Å². The fraction of sp³-hybridized carbons (Fsp3) is 0.138. The first-order chi connectivity index (χ1) is 65.3. The molecule has 1 aromatic heterocycles. The highest BCUT2D eigenvalue weighted by Crippen LogP contribution is 2.60. The quantitative estimate of drug-likeness (QED) is 0.0255. The van der Waals surface area contributed by atoms with Crippen LogP contribution in [-0.4, -0.2) is 276 Å². The van der Waals surface area contributed by atoms with Gasteiger partial charge in [0.15, 0.2) is 162 Å². The van der Waals surface area contributed by atoms with Gasteiger partial charge in [-0.05, 0) is 97.1 Å². The van der Waals surface area contributed by atoms with E-state index in [-0.39, 0.29) is 29.2 Å². The number of esters is 9. The number of hydrogen-bond acceptors (Lipinski definition) is 51. The van der Waals surface area contributed by atoms with E-state index in [0.29, 0.717) is 66.7 Å². The number of rotatable bonds is 15. The molecule has 0 saturated carbocycles. The summed E-state index contributed by atoms with van der Waals surface area (Å²) >= 11 is 0. The maximum atomic E-state index is 15.9. The van der Waals surface area contributed by atoms with Crippen LogP contribution in [0.25, 0.3) is 44.3 Å². The predicted octanol–water partition coefficient (Wildman–Crippen LogP) is 5.64. The van der Waals surface area contributed by atoms with Crippen molar-refractivity contribution < 1.29 is 243 Å². The molecule has 12 aromatic rings. The van der Waals surface area contributed by atoms with Crippen molar-refractivity contribution in [3.63, 3.8) is 0 Å². The summed E-state index contributed by atoms with van der Waals surface area (Å²) in [5.41, 5.74) is -16.0. The molecule has 0 unspecified atom stereocenters. The minimum atomic E-state index is -3.02. The number of aromatic nitrogens is 2. The average molecular weight is 1920 g/mol. The van der Waals surface area contributed by atoms with Crippen molar-refractivity contribution >= 4 is 75.8 Å². The Balaban J connectivity index is 0.860. The third kappa shape index (κ3) is 16.2. The van der Waals surface area contributed by atoms with Gasteiger partial charge in [-0.15, -0.1) is 0 Å². The van der Waals surface area contributed by atoms with E-state index < -0.39 is 384 Å². The number of carbonyl (C=O) groups excluding carboxylic acids is 9. The Kier molecular flexibility index (Phi) is 23.0. The average Bonchev–Trinajstić information content (AvgIpc) is 0.817.